The highest BCUT2D eigenvalue weighted by Crippen LogP contribution is 2.36. The van der Waals surface area contributed by atoms with Gasteiger partial charge in [-0.25, -0.2) is 0 Å². The van der Waals surface area contributed by atoms with E-state index in [1.807, 2.05) is 0 Å². The molecule has 3 fully saturated rings. The van der Waals surface area contributed by atoms with Gasteiger partial charge in [-0.05, 0) is 50.9 Å². The van der Waals surface area contributed by atoms with Crippen molar-refractivity contribution in [2.24, 2.45) is 11.8 Å². The van der Waals surface area contributed by atoms with Gasteiger partial charge in [0.2, 0.25) is 5.91 Å². The van der Waals surface area contributed by atoms with Crippen molar-refractivity contribution >= 4 is 5.91 Å². The Morgan fingerprint density at radius 2 is 2.05 bits per heavy atom. The van der Waals surface area contributed by atoms with Crippen LogP contribution < -0.4 is 10.6 Å². The fourth-order valence-corrected chi connectivity index (χ4v) is 4.11. The molecule has 0 aromatic heterocycles. The highest BCUT2D eigenvalue weighted by Gasteiger charge is 2.45. The van der Waals surface area contributed by atoms with Crippen molar-refractivity contribution in [3.05, 3.63) is 0 Å². The molecule has 2 bridgehead atoms. The molecular weight excluding hydrogens is 240 g/mol. The summed E-state index contributed by atoms with van der Waals surface area (Å²) >= 11 is 0. The maximum absolute atomic E-state index is 12.5. The molecule has 2 heterocycles. The van der Waals surface area contributed by atoms with Crippen molar-refractivity contribution in [1.29, 1.82) is 0 Å². The van der Waals surface area contributed by atoms with Crippen LogP contribution in [0.1, 0.15) is 51.9 Å². The zero-order chi connectivity index (χ0) is 13.5. The number of rotatable bonds is 3. The van der Waals surface area contributed by atoms with Gasteiger partial charge in [0, 0.05) is 12.1 Å². The molecule has 2 saturated heterocycles. The van der Waals surface area contributed by atoms with Crippen molar-refractivity contribution in [3.8, 4) is 0 Å². The van der Waals surface area contributed by atoms with Crippen LogP contribution in [0.2, 0.25) is 0 Å². The van der Waals surface area contributed by atoms with Gasteiger partial charge in [0.25, 0.3) is 0 Å². The lowest BCUT2D eigenvalue weighted by Gasteiger charge is -2.39. The molecule has 0 spiro atoms. The molecule has 3 rings (SSSR count). The molecule has 3 aliphatic rings. The lowest BCUT2D eigenvalue weighted by atomic mass is 9.77. The SMILES string of the molecule is CC1CCC(CO)(NC(=O)C2CC3CCC2N3)CC1. The quantitative estimate of drug-likeness (QED) is 0.719. The number of aliphatic hydroxyl groups excluding tert-OH is 1. The summed E-state index contributed by atoms with van der Waals surface area (Å²) in [5.41, 5.74) is -0.342. The van der Waals surface area contributed by atoms with E-state index in [1.165, 1.54) is 6.42 Å². The molecular formula is C15H26N2O2. The number of carbonyl (C=O) groups excluding carboxylic acids is 1. The fourth-order valence-electron chi connectivity index (χ4n) is 4.11. The predicted molar refractivity (Wildman–Crippen MR) is 73.6 cm³/mol. The van der Waals surface area contributed by atoms with Crippen LogP contribution in [0.25, 0.3) is 0 Å². The second-order valence-electron chi connectivity index (χ2n) is 7.00. The van der Waals surface area contributed by atoms with Gasteiger partial charge in [-0.1, -0.05) is 6.92 Å². The monoisotopic (exact) mass is 266 g/mol. The normalized spacial score (nSPS) is 45.4. The second-order valence-corrected chi connectivity index (χ2v) is 7.00. The van der Waals surface area contributed by atoms with E-state index in [2.05, 4.69) is 17.6 Å². The Kier molecular flexibility index (Phi) is 3.56. The molecule has 1 amide bonds. The standard InChI is InChI=1S/C15H26N2O2/c1-10-4-6-15(9-18,7-5-10)17-14(19)12-8-11-2-3-13(12)16-11/h10-13,16,18H,2-9H2,1H3,(H,17,19). The fraction of sp³-hybridized carbons (Fsp3) is 0.933. The Labute approximate surface area is 115 Å². The van der Waals surface area contributed by atoms with Crippen LogP contribution in [0.5, 0.6) is 0 Å². The maximum Gasteiger partial charge on any atom is 0.225 e. The molecule has 3 unspecified atom stereocenters. The van der Waals surface area contributed by atoms with Gasteiger partial charge in [0.05, 0.1) is 18.1 Å². The Morgan fingerprint density at radius 3 is 2.58 bits per heavy atom. The van der Waals surface area contributed by atoms with E-state index in [9.17, 15) is 9.90 Å². The first-order valence-corrected chi connectivity index (χ1v) is 7.81. The summed E-state index contributed by atoms with van der Waals surface area (Å²) in [4.78, 5) is 12.5. The third-order valence-electron chi connectivity index (χ3n) is 5.56. The predicted octanol–water partition coefficient (Wildman–Crippen LogP) is 1.18. The van der Waals surface area contributed by atoms with Crippen LogP contribution in [0.4, 0.5) is 0 Å². The third-order valence-corrected chi connectivity index (χ3v) is 5.56. The molecule has 2 aliphatic heterocycles. The van der Waals surface area contributed by atoms with E-state index >= 15 is 0 Å². The molecule has 0 radical (unpaired) electrons. The first kappa shape index (κ1) is 13.4. The van der Waals surface area contributed by atoms with Crippen molar-refractivity contribution < 1.29 is 9.90 Å². The number of hydrogen-bond donors (Lipinski definition) is 3. The van der Waals surface area contributed by atoms with Crippen LogP contribution in [0.3, 0.4) is 0 Å². The molecule has 0 aromatic rings. The van der Waals surface area contributed by atoms with Gasteiger partial charge in [-0.15, -0.1) is 0 Å². The lowest BCUT2D eigenvalue weighted by molar-refractivity contribution is -0.128. The minimum atomic E-state index is -0.342. The van der Waals surface area contributed by atoms with Gasteiger partial charge < -0.3 is 15.7 Å². The molecule has 19 heavy (non-hydrogen) atoms. The molecule has 4 heteroatoms. The van der Waals surface area contributed by atoms with Crippen molar-refractivity contribution in [2.75, 3.05) is 6.61 Å². The number of amides is 1. The summed E-state index contributed by atoms with van der Waals surface area (Å²) in [6.07, 6.45) is 7.39. The van der Waals surface area contributed by atoms with Crippen molar-refractivity contribution in [2.45, 2.75) is 69.5 Å². The average molecular weight is 266 g/mol. The van der Waals surface area contributed by atoms with Crippen LogP contribution in [-0.2, 0) is 4.79 Å². The minimum Gasteiger partial charge on any atom is -0.394 e. The van der Waals surface area contributed by atoms with E-state index in [4.69, 9.17) is 0 Å². The van der Waals surface area contributed by atoms with E-state index in [-0.39, 0.29) is 24.0 Å². The Balaban J connectivity index is 1.61. The highest BCUT2D eigenvalue weighted by atomic mass is 16.3. The van der Waals surface area contributed by atoms with E-state index in [0.717, 1.165) is 44.4 Å². The van der Waals surface area contributed by atoms with Crippen LogP contribution in [0, 0.1) is 11.8 Å². The third kappa shape index (κ3) is 2.52. The largest absolute Gasteiger partial charge is 0.394 e. The Morgan fingerprint density at radius 1 is 1.32 bits per heavy atom. The minimum absolute atomic E-state index is 0.0830. The lowest BCUT2D eigenvalue weighted by Crippen LogP contribution is -2.55. The summed E-state index contributed by atoms with van der Waals surface area (Å²) < 4.78 is 0. The van der Waals surface area contributed by atoms with E-state index < -0.39 is 0 Å². The Hall–Kier alpha value is -0.610. The van der Waals surface area contributed by atoms with E-state index in [1.54, 1.807) is 0 Å². The van der Waals surface area contributed by atoms with Crippen LogP contribution in [0.15, 0.2) is 0 Å². The second kappa shape index (κ2) is 5.06. The van der Waals surface area contributed by atoms with Gasteiger partial charge in [0.1, 0.15) is 0 Å². The topological polar surface area (TPSA) is 61.4 Å². The first-order chi connectivity index (χ1) is 9.12. The average Bonchev–Trinajstić information content (AvgIpc) is 3.04. The van der Waals surface area contributed by atoms with Crippen LogP contribution >= 0.6 is 0 Å². The molecule has 4 nitrogen and oxygen atoms in total. The molecule has 108 valence electrons. The molecule has 1 aliphatic carbocycles. The number of fused-ring (bicyclic) bond motifs is 2. The Bertz CT molecular complexity index is 350. The summed E-state index contributed by atoms with van der Waals surface area (Å²) in [6, 6.07) is 0.931. The van der Waals surface area contributed by atoms with Crippen molar-refractivity contribution in [1.82, 2.24) is 10.6 Å². The van der Waals surface area contributed by atoms with Crippen LogP contribution in [-0.4, -0.2) is 35.2 Å². The highest BCUT2D eigenvalue weighted by molar-refractivity contribution is 5.81. The summed E-state index contributed by atoms with van der Waals surface area (Å²) in [5, 5.41) is 16.4. The summed E-state index contributed by atoms with van der Waals surface area (Å²) in [5.74, 6) is 1.02. The summed E-state index contributed by atoms with van der Waals surface area (Å²) in [7, 11) is 0. The zero-order valence-corrected chi connectivity index (χ0v) is 11.8. The number of aliphatic hydroxyl groups is 1. The summed E-state index contributed by atoms with van der Waals surface area (Å²) in [6.45, 7) is 2.34. The van der Waals surface area contributed by atoms with E-state index in [0.29, 0.717) is 12.1 Å². The molecule has 3 N–H and O–H groups in total. The van der Waals surface area contributed by atoms with Gasteiger partial charge in [0.15, 0.2) is 0 Å². The molecule has 0 aromatic carbocycles. The number of carbonyl (C=O) groups is 1. The number of nitrogens with one attached hydrogen (secondary N) is 2. The smallest absolute Gasteiger partial charge is 0.225 e. The molecule has 1 saturated carbocycles. The number of hydrogen-bond acceptors (Lipinski definition) is 3. The van der Waals surface area contributed by atoms with Crippen molar-refractivity contribution in [3.63, 3.8) is 0 Å². The van der Waals surface area contributed by atoms with Gasteiger partial charge in [-0.3, -0.25) is 4.79 Å². The van der Waals surface area contributed by atoms with Gasteiger partial charge >= 0.3 is 0 Å². The maximum atomic E-state index is 12.5. The first-order valence-electron chi connectivity index (χ1n) is 7.81. The zero-order valence-electron chi connectivity index (χ0n) is 11.8. The molecule has 3 atom stereocenters. The van der Waals surface area contributed by atoms with Gasteiger partial charge in [-0.2, -0.15) is 0 Å².